The number of nitrogens with one attached hydrogen (secondary N) is 1. The Morgan fingerprint density at radius 2 is 1.83 bits per heavy atom. The van der Waals surface area contributed by atoms with Crippen LogP contribution in [0.4, 0.5) is 0 Å². The Hall–Kier alpha value is -0.990. The van der Waals surface area contributed by atoms with E-state index in [0.29, 0.717) is 6.04 Å². The molecule has 2 rings (SSSR count). The van der Waals surface area contributed by atoms with E-state index >= 15 is 0 Å². The van der Waals surface area contributed by atoms with E-state index in [-0.39, 0.29) is 0 Å². The lowest BCUT2D eigenvalue weighted by atomic mass is 10.0. The Labute approximate surface area is 114 Å². The molecule has 0 spiro atoms. The van der Waals surface area contributed by atoms with Gasteiger partial charge in [-0.3, -0.25) is 0 Å². The molecule has 18 heavy (non-hydrogen) atoms. The first-order chi connectivity index (χ1) is 8.85. The number of thioether (sulfide) groups is 1. The third kappa shape index (κ3) is 3.27. The maximum Gasteiger partial charge on any atom is 0.0411 e. The summed E-state index contributed by atoms with van der Waals surface area (Å²) >= 11 is 1.99. The minimum atomic E-state index is 0.463. The summed E-state index contributed by atoms with van der Waals surface area (Å²) in [4.78, 5) is 0. The van der Waals surface area contributed by atoms with E-state index in [1.807, 2.05) is 11.8 Å². The normalized spacial score (nSPS) is 12.8. The number of benzene rings is 2. The van der Waals surface area contributed by atoms with Crippen molar-refractivity contribution in [3.63, 3.8) is 0 Å². The Morgan fingerprint density at radius 1 is 1.06 bits per heavy atom. The van der Waals surface area contributed by atoms with E-state index in [4.69, 9.17) is 0 Å². The fourth-order valence-corrected chi connectivity index (χ4v) is 2.96. The van der Waals surface area contributed by atoms with Gasteiger partial charge in [0.25, 0.3) is 0 Å². The van der Waals surface area contributed by atoms with E-state index in [9.17, 15) is 0 Å². The highest BCUT2D eigenvalue weighted by atomic mass is 32.2. The molecule has 0 saturated carbocycles. The van der Waals surface area contributed by atoms with E-state index in [1.54, 1.807) is 0 Å². The van der Waals surface area contributed by atoms with Gasteiger partial charge in [-0.25, -0.2) is 0 Å². The van der Waals surface area contributed by atoms with Gasteiger partial charge in [0, 0.05) is 11.8 Å². The van der Waals surface area contributed by atoms with Crippen molar-refractivity contribution in [3.8, 4) is 0 Å². The van der Waals surface area contributed by atoms with Crippen molar-refractivity contribution >= 4 is 22.5 Å². The van der Waals surface area contributed by atoms with Crippen LogP contribution in [-0.2, 0) is 0 Å². The van der Waals surface area contributed by atoms with Crippen LogP contribution in [0.1, 0.15) is 25.5 Å². The molecule has 0 amide bonds. The van der Waals surface area contributed by atoms with Gasteiger partial charge < -0.3 is 5.32 Å². The molecule has 0 aromatic heterocycles. The van der Waals surface area contributed by atoms with E-state index < -0.39 is 0 Å². The third-order valence-electron chi connectivity index (χ3n) is 3.12. The summed E-state index contributed by atoms with van der Waals surface area (Å²) in [7, 11) is 0. The molecule has 1 nitrogen and oxygen atoms in total. The van der Waals surface area contributed by atoms with Crippen molar-refractivity contribution in [2.75, 3.05) is 18.1 Å². The lowest BCUT2D eigenvalue weighted by Gasteiger charge is -2.18. The molecule has 0 fully saturated rings. The molecular weight excluding hydrogens is 238 g/mol. The Bertz CT molecular complexity index is 495. The lowest BCUT2D eigenvalue weighted by molar-refractivity contribution is 0.606. The fourth-order valence-electron chi connectivity index (χ4n) is 2.18. The van der Waals surface area contributed by atoms with Crippen molar-refractivity contribution in [2.24, 2.45) is 0 Å². The molecule has 0 aliphatic heterocycles. The molecule has 2 aromatic rings. The summed E-state index contributed by atoms with van der Waals surface area (Å²) in [6.07, 6.45) is 0. The predicted molar refractivity (Wildman–Crippen MR) is 83.4 cm³/mol. The standard InChI is InChI=1S/C16H21NS/c1-3-17-16(12-18-4-2)15-10-9-13-7-5-6-8-14(13)11-15/h5-11,16-17H,3-4,12H2,1-2H3. The molecule has 0 saturated heterocycles. The van der Waals surface area contributed by atoms with Gasteiger partial charge in [-0.05, 0) is 34.7 Å². The second kappa shape index (κ2) is 6.81. The van der Waals surface area contributed by atoms with Crippen molar-refractivity contribution in [2.45, 2.75) is 19.9 Å². The summed E-state index contributed by atoms with van der Waals surface area (Å²) < 4.78 is 0. The maximum atomic E-state index is 3.58. The first-order valence-corrected chi connectivity index (χ1v) is 7.80. The van der Waals surface area contributed by atoms with Crippen LogP contribution in [0.5, 0.6) is 0 Å². The minimum Gasteiger partial charge on any atom is -0.310 e. The number of hydrogen-bond acceptors (Lipinski definition) is 2. The van der Waals surface area contributed by atoms with Crippen molar-refractivity contribution < 1.29 is 0 Å². The average Bonchev–Trinajstić information content (AvgIpc) is 2.43. The van der Waals surface area contributed by atoms with Crippen LogP contribution in [0.2, 0.25) is 0 Å². The van der Waals surface area contributed by atoms with E-state index in [1.165, 1.54) is 22.1 Å². The highest BCUT2D eigenvalue weighted by Gasteiger charge is 2.10. The average molecular weight is 259 g/mol. The van der Waals surface area contributed by atoms with Crippen LogP contribution in [0.25, 0.3) is 10.8 Å². The maximum absolute atomic E-state index is 3.58. The molecule has 2 heteroatoms. The molecular formula is C16H21NS. The Balaban J connectivity index is 2.25. The summed E-state index contributed by atoms with van der Waals surface area (Å²) in [6, 6.07) is 15.8. The molecule has 1 unspecified atom stereocenters. The topological polar surface area (TPSA) is 12.0 Å². The molecule has 1 N–H and O–H groups in total. The molecule has 0 radical (unpaired) electrons. The van der Waals surface area contributed by atoms with Crippen LogP contribution >= 0.6 is 11.8 Å². The van der Waals surface area contributed by atoms with Crippen molar-refractivity contribution in [1.29, 1.82) is 0 Å². The highest BCUT2D eigenvalue weighted by molar-refractivity contribution is 7.99. The Kier molecular flexibility index (Phi) is 5.09. The first kappa shape index (κ1) is 13.4. The number of rotatable bonds is 6. The van der Waals surface area contributed by atoms with E-state index in [2.05, 4.69) is 61.6 Å². The summed E-state index contributed by atoms with van der Waals surface area (Å²) in [6.45, 7) is 5.40. The molecule has 2 aromatic carbocycles. The fraction of sp³-hybridized carbons (Fsp3) is 0.375. The molecule has 0 heterocycles. The van der Waals surface area contributed by atoms with Gasteiger partial charge >= 0.3 is 0 Å². The molecule has 0 aliphatic carbocycles. The van der Waals surface area contributed by atoms with Gasteiger partial charge in [0.05, 0.1) is 0 Å². The summed E-state index contributed by atoms with van der Waals surface area (Å²) in [5, 5.41) is 6.23. The zero-order valence-electron chi connectivity index (χ0n) is 11.1. The minimum absolute atomic E-state index is 0.463. The summed E-state index contributed by atoms with van der Waals surface area (Å²) in [5.41, 5.74) is 1.40. The van der Waals surface area contributed by atoms with E-state index in [0.717, 1.165) is 12.3 Å². The van der Waals surface area contributed by atoms with Crippen molar-refractivity contribution in [1.82, 2.24) is 5.32 Å². The quantitative estimate of drug-likeness (QED) is 0.832. The largest absolute Gasteiger partial charge is 0.310 e. The SMILES string of the molecule is CCNC(CSCC)c1ccc2ccccc2c1. The van der Waals surface area contributed by atoms with Crippen LogP contribution < -0.4 is 5.32 Å². The smallest absolute Gasteiger partial charge is 0.0411 e. The lowest BCUT2D eigenvalue weighted by Crippen LogP contribution is -2.23. The molecule has 0 bridgehead atoms. The summed E-state index contributed by atoms with van der Waals surface area (Å²) in [5.74, 6) is 2.32. The second-order valence-electron chi connectivity index (χ2n) is 4.38. The van der Waals surface area contributed by atoms with Gasteiger partial charge in [0.1, 0.15) is 0 Å². The van der Waals surface area contributed by atoms with Crippen molar-refractivity contribution in [3.05, 3.63) is 48.0 Å². The highest BCUT2D eigenvalue weighted by Crippen LogP contribution is 2.23. The van der Waals surface area contributed by atoms with Crippen LogP contribution in [0.15, 0.2) is 42.5 Å². The van der Waals surface area contributed by atoms with Gasteiger partial charge in [-0.15, -0.1) is 0 Å². The third-order valence-corrected chi connectivity index (χ3v) is 4.09. The Morgan fingerprint density at radius 3 is 2.56 bits per heavy atom. The van der Waals surface area contributed by atoms with Gasteiger partial charge in [-0.2, -0.15) is 11.8 Å². The number of hydrogen-bond donors (Lipinski definition) is 1. The molecule has 96 valence electrons. The van der Waals surface area contributed by atoms with Crippen LogP contribution in [0.3, 0.4) is 0 Å². The van der Waals surface area contributed by atoms with Crippen LogP contribution in [-0.4, -0.2) is 18.1 Å². The van der Waals surface area contributed by atoms with Gasteiger partial charge in [-0.1, -0.05) is 50.2 Å². The monoisotopic (exact) mass is 259 g/mol. The molecule has 0 aliphatic rings. The predicted octanol–water partition coefficient (Wildman–Crippen LogP) is 4.24. The zero-order chi connectivity index (χ0) is 12.8. The number of fused-ring (bicyclic) bond motifs is 1. The van der Waals surface area contributed by atoms with Gasteiger partial charge in [0.15, 0.2) is 0 Å². The zero-order valence-corrected chi connectivity index (χ0v) is 12.0. The second-order valence-corrected chi connectivity index (χ2v) is 5.70. The van der Waals surface area contributed by atoms with Gasteiger partial charge in [0.2, 0.25) is 0 Å². The first-order valence-electron chi connectivity index (χ1n) is 6.65. The molecule has 1 atom stereocenters. The van der Waals surface area contributed by atoms with Crippen LogP contribution in [0, 0.1) is 0 Å².